The van der Waals surface area contributed by atoms with Gasteiger partial charge in [0.15, 0.2) is 0 Å². The topological polar surface area (TPSA) is 65.4 Å². The minimum absolute atomic E-state index is 0.0829. The SMILES string of the molecule is COCCN(CC(=O)NC1(C#N)CCCC1)Cc1ccccc1. The van der Waals surface area contributed by atoms with Gasteiger partial charge in [0.1, 0.15) is 5.54 Å². The second kappa shape index (κ2) is 8.66. The van der Waals surface area contributed by atoms with Crippen molar-refractivity contribution in [3.8, 4) is 6.07 Å². The summed E-state index contributed by atoms with van der Waals surface area (Å²) in [5.74, 6) is -0.0829. The average Bonchev–Trinajstić information content (AvgIpc) is 3.02. The summed E-state index contributed by atoms with van der Waals surface area (Å²) in [6.45, 7) is 2.22. The Hall–Kier alpha value is -1.90. The minimum Gasteiger partial charge on any atom is -0.383 e. The van der Waals surface area contributed by atoms with Crippen molar-refractivity contribution in [1.29, 1.82) is 5.26 Å². The number of hydrogen-bond acceptors (Lipinski definition) is 4. The first-order chi connectivity index (χ1) is 11.2. The van der Waals surface area contributed by atoms with Crippen LogP contribution < -0.4 is 5.32 Å². The fraction of sp³-hybridized carbons (Fsp3) is 0.556. The molecule has 0 aromatic heterocycles. The predicted octanol–water partition coefficient (Wildman–Crippen LogP) is 2.09. The summed E-state index contributed by atoms with van der Waals surface area (Å²) in [5.41, 5.74) is 0.504. The van der Waals surface area contributed by atoms with Gasteiger partial charge in [0.25, 0.3) is 0 Å². The summed E-state index contributed by atoms with van der Waals surface area (Å²) in [5, 5.41) is 12.3. The lowest BCUT2D eigenvalue weighted by Crippen LogP contribution is -2.49. The number of ether oxygens (including phenoxy) is 1. The fourth-order valence-electron chi connectivity index (χ4n) is 3.03. The number of nitriles is 1. The molecule has 1 aliphatic rings. The molecule has 1 aromatic rings. The number of hydrogen-bond donors (Lipinski definition) is 1. The van der Waals surface area contributed by atoms with Crippen molar-refractivity contribution < 1.29 is 9.53 Å². The molecule has 124 valence electrons. The maximum Gasteiger partial charge on any atom is 0.235 e. The monoisotopic (exact) mass is 315 g/mol. The van der Waals surface area contributed by atoms with Crippen LogP contribution in [0, 0.1) is 11.3 Å². The molecule has 2 rings (SSSR count). The van der Waals surface area contributed by atoms with E-state index in [1.807, 2.05) is 35.2 Å². The largest absolute Gasteiger partial charge is 0.383 e. The van der Waals surface area contributed by atoms with Gasteiger partial charge in [0.05, 0.1) is 19.2 Å². The zero-order chi connectivity index (χ0) is 16.5. The van der Waals surface area contributed by atoms with Crippen LogP contribution in [0.5, 0.6) is 0 Å². The summed E-state index contributed by atoms with van der Waals surface area (Å²) in [7, 11) is 1.66. The molecule has 23 heavy (non-hydrogen) atoms. The normalized spacial score (nSPS) is 16.2. The quantitative estimate of drug-likeness (QED) is 0.798. The summed E-state index contributed by atoms with van der Waals surface area (Å²) in [6.07, 6.45) is 3.52. The summed E-state index contributed by atoms with van der Waals surface area (Å²) in [6, 6.07) is 12.4. The highest BCUT2D eigenvalue weighted by Crippen LogP contribution is 2.28. The predicted molar refractivity (Wildman–Crippen MR) is 88.5 cm³/mol. The molecule has 5 nitrogen and oxygen atoms in total. The Morgan fingerprint density at radius 1 is 1.35 bits per heavy atom. The first kappa shape index (κ1) is 17.5. The van der Waals surface area contributed by atoms with Crippen LogP contribution in [0.2, 0.25) is 0 Å². The zero-order valence-corrected chi connectivity index (χ0v) is 13.8. The van der Waals surface area contributed by atoms with E-state index in [0.29, 0.717) is 19.7 Å². The standard InChI is InChI=1S/C18H25N3O2/c1-23-12-11-21(13-16-7-3-2-4-8-16)14-17(22)20-18(15-19)9-5-6-10-18/h2-4,7-8H,5-6,9-14H2,1H3,(H,20,22). The van der Waals surface area contributed by atoms with Crippen LogP contribution in [0.4, 0.5) is 0 Å². The Balaban J connectivity index is 1.93. The van der Waals surface area contributed by atoms with Crippen molar-refractivity contribution >= 4 is 5.91 Å². The van der Waals surface area contributed by atoms with Crippen LogP contribution in [-0.2, 0) is 16.1 Å². The molecule has 0 spiro atoms. The first-order valence-electron chi connectivity index (χ1n) is 8.15. The maximum atomic E-state index is 12.4. The van der Waals surface area contributed by atoms with Crippen LogP contribution in [0.25, 0.3) is 0 Å². The number of carbonyl (C=O) groups excluding carboxylic acids is 1. The van der Waals surface area contributed by atoms with E-state index in [1.54, 1.807) is 7.11 Å². The van der Waals surface area contributed by atoms with Crippen LogP contribution in [0.3, 0.4) is 0 Å². The Bertz CT molecular complexity index is 533. The van der Waals surface area contributed by atoms with Gasteiger partial charge in [-0.3, -0.25) is 9.69 Å². The summed E-state index contributed by atoms with van der Waals surface area (Å²) >= 11 is 0. The van der Waals surface area contributed by atoms with E-state index in [1.165, 1.54) is 0 Å². The van der Waals surface area contributed by atoms with Crippen molar-refractivity contribution in [2.24, 2.45) is 0 Å². The van der Waals surface area contributed by atoms with Gasteiger partial charge in [0, 0.05) is 20.2 Å². The molecule has 0 aliphatic heterocycles. The number of nitrogens with one attached hydrogen (secondary N) is 1. The third-order valence-corrected chi connectivity index (χ3v) is 4.28. The van der Waals surface area contributed by atoms with Gasteiger partial charge in [0.2, 0.25) is 5.91 Å². The maximum absolute atomic E-state index is 12.4. The Kier molecular flexibility index (Phi) is 6.57. The van der Waals surface area contributed by atoms with Gasteiger partial charge in [-0.25, -0.2) is 0 Å². The third-order valence-electron chi connectivity index (χ3n) is 4.28. The van der Waals surface area contributed by atoms with E-state index >= 15 is 0 Å². The van der Waals surface area contributed by atoms with Crippen LogP contribution >= 0.6 is 0 Å². The highest BCUT2D eigenvalue weighted by atomic mass is 16.5. The van der Waals surface area contributed by atoms with E-state index in [-0.39, 0.29) is 12.5 Å². The lowest BCUT2D eigenvalue weighted by Gasteiger charge is -2.26. The van der Waals surface area contributed by atoms with Gasteiger partial charge in [-0.2, -0.15) is 5.26 Å². The van der Waals surface area contributed by atoms with Crippen LogP contribution in [0.15, 0.2) is 30.3 Å². The molecule has 0 unspecified atom stereocenters. The van der Waals surface area contributed by atoms with Gasteiger partial charge >= 0.3 is 0 Å². The minimum atomic E-state index is -0.656. The van der Waals surface area contributed by atoms with Gasteiger partial charge < -0.3 is 10.1 Å². The van der Waals surface area contributed by atoms with E-state index in [0.717, 1.165) is 31.2 Å². The van der Waals surface area contributed by atoms with Crippen molar-refractivity contribution in [3.05, 3.63) is 35.9 Å². The fourth-order valence-corrected chi connectivity index (χ4v) is 3.03. The van der Waals surface area contributed by atoms with Crippen molar-refractivity contribution in [1.82, 2.24) is 10.2 Å². The second-order valence-corrected chi connectivity index (χ2v) is 6.14. The summed E-state index contributed by atoms with van der Waals surface area (Å²) in [4.78, 5) is 14.4. The number of nitrogens with zero attached hydrogens (tertiary/aromatic N) is 2. The summed E-state index contributed by atoms with van der Waals surface area (Å²) < 4.78 is 5.14. The lowest BCUT2D eigenvalue weighted by atomic mass is 10.00. The van der Waals surface area contributed by atoms with E-state index in [2.05, 4.69) is 11.4 Å². The highest BCUT2D eigenvalue weighted by molar-refractivity contribution is 5.79. The molecule has 0 heterocycles. The highest BCUT2D eigenvalue weighted by Gasteiger charge is 2.35. The first-order valence-corrected chi connectivity index (χ1v) is 8.15. The number of methoxy groups -OCH3 is 1. The van der Waals surface area contributed by atoms with Crippen LogP contribution in [-0.4, -0.2) is 43.2 Å². The molecular weight excluding hydrogens is 290 g/mol. The third kappa shape index (κ3) is 5.34. The average molecular weight is 315 g/mol. The van der Waals surface area contributed by atoms with Crippen molar-refractivity contribution in [2.45, 2.75) is 37.8 Å². The molecule has 0 bridgehead atoms. The van der Waals surface area contributed by atoms with E-state index < -0.39 is 5.54 Å². The molecule has 1 N–H and O–H groups in total. The molecule has 1 fully saturated rings. The molecule has 0 atom stereocenters. The molecule has 1 amide bonds. The number of rotatable bonds is 8. The molecule has 1 saturated carbocycles. The smallest absolute Gasteiger partial charge is 0.235 e. The number of amides is 1. The van der Waals surface area contributed by atoms with Gasteiger partial charge in [-0.1, -0.05) is 30.3 Å². The Labute approximate surface area is 138 Å². The van der Waals surface area contributed by atoms with E-state index in [4.69, 9.17) is 4.74 Å². The number of benzene rings is 1. The Morgan fingerprint density at radius 2 is 2.04 bits per heavy atom. The Morgan fingerprint density at radius 3 is 2.65 bits per heavy atom. The molecule has 1 aromatic carbocycles. The molecule has 0 saturated heterocycles. The molecular formula is C18H25N3O2. The second-order valence-electron chi connectivity index (χ2n) is 6.14. The van der Waals surface area contributed by atoms with Gasteiger partial charge in [-0.05, 0) is 31.2 Å². The molecule has 0 radical (unpaired) electrons. The van der Waals surface area contributed by atoms with E-state index in [9.17, 15) is 10.1 Å². The molecule has 1 aliphatic carbocycles. The van der Waals surface area contributed by atoms with Crippen LogP contribution in [0.1, 0.15) is 31.2 Å². The van der Waals surface area contributed by atoms with Gasteiger partial charge in [-0.15, -0.1) is 0 Å². The van der Waals surface area contributed by atoms with Crippen molar-refractivity contribution in [3.63, 3.8) is 0 Å². The molecule has 5 heteroatoms. The number of carbonyl (C=O) groups is 1. The zero-order valence-electron chi connectivity index (χ0n) is 13.8. The van der Waals surface area contributed by atoms with Crippen molar-refractivity contribution in [2.75, 3.05) is 26.8 Å². The lowest BCUT2D eigenvalue weighted by molar-refractivity contribution is -0.123.